The summed E-state index contributed by atoms with van der Waals surface area (Å²) in [6.07, 6.45) is 4.75. The Morgan fingerprint density at radius 2 is 1.91 bits per heavy atom. The van der Waals surface area contributed by atoms with Crippen LogP contribution in [-0.4, -0.2) is 49.3 Å². The molecule has 0 aromatic heterocycles. The molecule has 2 fully saturated rings. The van der Waals surface area contributed by atoms with E-state index < -0.39 is 0 Å². The number of rotatable bonds is 4. The van der Waals surface area contributed by atoms with E-state index in [1.165, 1.54) is 17.7 Å². The summed E-state index contributed by atoms with van der Waals surface area (Å²) in [4.78, 5) is 16.0. The Kier molecular flexibility index (Phi) is 5.06. The van der Waals surface area contributed by atoms with Gasteiger partial charge in [-0.25, -0.2) is 0 Å². The molecule has 0 bridgehead atoms. The first-order valence-corrected chi connectivity index (χ1v) is 8.83. The predicted octanol–water partition coefficient (Wildman–Crippen LogP) is 0.544. The molecule has 3 rings (SSSR count). The fourth-order valence-electron chi connectivity index (χ4n) is 3.78. The number of nitrogens with one attached hydrogen (secondary N) is 2. The highest BCUT2D eigenvalue weighted by molar-refractivity contribution is 5.80. The van der Waals surface area contributed by atoms with Crippen LogP contribution < -0.4 is 15.1 Å². The number of phenols is 1. The Labute approximate surface area is 138 Å². The molecule has 23 heavy (non-hydrogen) atoms. The molecule has 126 valence electrons. The van der Waals surface area contributed by atoms with Crippen LogP contribution in [-0.2, 0) is 4.79 Å². The second-order valence-electron chi connectivity index (χ2n) is 6.85. The molecule has 1 atom stereocenters. The molecule has 1 aliphatic heterocycles. The molecule has 5 nitrogen and oxygen atoms in total. The minimum absolute atomic E-state index is 0.00196. The Balaban J connectivity index is 1.51. The van der Waals surface area contributed by atoms with E-state index in [0.717, 1.165) is 44.7 Å². The predicted molar refractivity (Wildman–Crippen MR) is 90.9 cm³/mol. The number of piperazine rings is 1. The van der Waals surface area contributed by atoms with Crippen molar-refractivity contribution in [1.82, 2.24) is 5.32 Å². The van der Waals surface area contributed by atoms with E-state index in [1.54, 1.807) is 6.07 Å². The van der Waals surface area contributed by atoms with Crippen molar-refractivity contribution in [3.63, 3.8) is 0 Å². The summed E-state index contributed by atoms with van der Waals surface area (Å²) in [5, 5.41) is 13.2. The average Bonchev–Trinajstić information content (AvgIpc) is 3.08. The number of phenolic OH excluding ortho intramolecular Hbond substituents is 1. The van der Waals surface area contributed by atoms with E-state index in [9.17, 15) is 9.90 Å². The quantitative estimate of drug-likeness (QED) is 0.760. The summed E-state index contributed by atoms with van der Waals surface area (Å²) in [5.41, 5.74) is 0.898. The second-order valence-corrected chi connectivity index (χ2v) is 6.85. The number of amides is 1. The van der Waals surface area contributed by atoms with Gasteiger partial charge >= 0.3 is 0 Å². The highest BCUT2D eigenvalue weighted by Crippen LogP contribution is 2.26. The third-order valence-electron chi connectivity index (χ3n) is 5.34. The minimum atomic E-state index is 0.00196. The van der Waals surface area contributed by atoms with Gasteiger partial charge in [-0.1, -0.05) is 25.0 Å². The number of hydrogen-bond donors (Lipinski definition) is 3. The van der Waals surface area contributed by atoms with E-state index in [4.69, 9.17) is 0 Å². The molecule has 0 spiro atoms. The molecular formula is C18H28N3O2+. The van der Waals surface area contributed by atoms with Crippen molar-refractivity contribution in [2.45, 2.75) is 44.7 Å². The van der Waals surface area contributed by atoms with Gasteiger partial charge in [-0.15, -0.1) is 0 Å². The summed E-state index contributed by atoms with van der Waals surface area (Å²) in [6.45, 7) is 5.62. The molecule has 5 heteroatoms. The minimum Gasteiger partial charge on any atom is -0.506 e. The summed E-state index contributed by atoms with van der Waals surface area (Å²) in [7, 11) is 0. The number of para-hydroxylation sites is 2. The highest BCUT2D eigenvalue weighted by Gasteiger charge is 2.31. The largest absolute Gasteiger partial charge is 0.506 e. The van der Waals surface area contributed by atoms with E-state index in [-0.39, 0.29) is 11.9 Å². The third-order valence-corrected chi connectivity index (χ3v) is 5.34. The first-order valence-electron chi connectivity index (χ1n) is 8.83. The average molecular weight is 318 g/mol. The van der Waals surface area contributed by atoms with Gasteiger partial charge in [-0.2, -0.15) is 0 Å². The van der Waals surface area contributed by atoms with Crippen molar-refractivity contribution >= 4 is 11.6 Å². The van der Waals surface area contributed by atoms with Gasteiger partial charge in [-0.3, -0.25) is 4.79 Å². The normalized spacial score (nSPS) is 21.3. The summed E-state index contributed by atoms with van der Waals surface area (Å²) >= 11 is 0. The van der Waals surface area contributed by atoms with Crippen LogP contribution >= 0.6 is 0 Å². The van der Waals surface area contributed by atoms with Crippen LogP contribution in [0.4, 0.5) is 5.69 Å². The number of benzene rings is 1. The number of carbonyl (C=O) groups is 1. The molecule has 3 N–H and O–H groups in total. The number of aromatic hydroxyl groups is 1. The van der Waals surface area contributed by atoms with Crippen molar-refractivity contribution < 1.29 is 14.8 Å². The molecule has 0 unspecified atom stereocenters. The van der Waals surface area contributed by atoms with Crippen LogP contribution in [0.5, 0.6) is 5.75 Å². The van der Waals surface area contributed by atoms with E-state index in [2.05, 4.69) is 10.2 Å². The maximum Gasteiger partial charge on any atom is 0.278 e. The first kappa shape index (κ1) is 16.1. The molecule has 1 amide bonds. The SMILES string of the molecule is C[C@@H](C(=O)NC1CCCC1)[NH+]1CCN(c2ccccc2O)CC1. The van der Waals surface area contributed by atoms with Gasteiger partial charge in [0.1, 0.15) is 5.75 Å². The summed E-state index contributed by atoms with van der Waals surface area (Å²) in [6, 6.07) is 7.87. The topological polar surface area (TPSA) is 57.0 Å². The number of nitrogens with zero attached hydrogens (tertiary/aromatic N) is 1. The van der Waals surface area contributed by atoms with Gasteiger partial charge in [0.25, 0.3) is 5.91 Å². The number of carbonyl (C=O) groups excluding carboxylic acids is 1. The summed E-state index contributed by atoms with van der Waals surface area (Å²) < 4.78 is 0. The van der Waals surface area contributed by atoms with Gasteiger partial charge < -0.3 is 20.2 Å². The smallest absolute Gasteiger partial charge is 0.278 e. The molecule has 1 aromatic rings. The fraction of sp³-hybridized carbons (Fsp3) is 0.611. The van der Waals surface area contributed by atoms with Crippen LogP contribution in [0.3, 0.4) is 0 Å². The van der Waals surface area contributed by atoms with Crippen LogP contribution in [0.1, 0.15) is 32.6 Å². The van der Waals surface area contributed by atoms with Gasteiger partial charge in [0.05, 0.1) is 31.9 Å². The van der Waals surface area contributed by atoms with Crippen LogP contribution in [0.15, 0.2) is 24.3 Å². The highest BCUT2D eigenvalue weighted by atomic mass is 16.3. The van der Waals surface area contributed by atoms with Crippen molar-refractivity contribution in [2.24, 2.45) is 0 Å². The van der Waals surface area contributed by atoms with Crippen molar-refractivity contribution in [1.29, 1.82) is 0 Å². The second kappa shape index (κ2) is 7.21. The van der Waals surface area contributed by atoms with E-state index in [0.29, 0.717) is 11.8 Å². The number of anilines is 1. The Morgan fingerprint density at radius 3 is 2.57 bits per heavy atom. The monoisotopic (exact) mass is 318 g/mol. The van der Waals surface area contributed by atoms with Crippen molar-refractivity contribution in [3.8, 4) is 5.75 Å². The van der Waals surface area contributed by atoms with Crippen molar-refractivity contribution in [3.05, 3.63) is 24.3 Å². The molecule has 2 aliphatic rings. The van der Waals surface area contributed by atoms with Crippen LogP contribution in [0, 0.1) is 0 Å². The Hall–Kier alpha value is -1.75. The molecule has 1 aromatic carbocycles. The van der Waals surface area contributed by atoms with Crippen LogP contribution in [0.25, 0.3) is 0 Å². The maximum atomic E-state index is 12.4. The summed E-state index contributed by atoms with van der Waals surface area (Å²) in [5.74, 6) is 0.533. The first-order chi connectivity index (χ1) is 11.1. The van der Waals surface area contributed by atoms with Gasteiger partial charge in [0.2, 0.25) is 0 Å². The zero-order valence-corrected chi connectivity index (χ0v) is 13.9. The molecule has 1 saturated carbocycles. The molecule has 1 aliphatic carbocycles. The lowest BCUT2D eigenvalue weighted by atomic mass is 10.1. The number of hydrogen-bond acceptors (Lipinski definition) is 3. The maximum absolute atomic E-state index is 12.4. The Morgan fingerprint density at radius 1 is 1.26 bits per heavy atom. The van der Waals surface area contributed by atoms with Crippen molar-refractivity contribution in [2.75, 3.05) is 31.1 Å². The molecule has 1 heterocycles. The molecular weight excluding hydrogens is 290 g/mol. The van der Waals surface area contributed by atoms with E-state index in [1.807, 2.05) is 25.1 Å². The fourth-order valence-corrected chi connectivity index (χ4v) is 3.78. The lowest BCUT2D eigenvalue weighted by Crippen LogP contribution is -3.19. The third kappa shape index (κ3) is 3.78. The van der Waals surface area contributed by atoms with Gasteiger partial charge in [0.15, 0.2) is 6.04 Å². The van der Waals surface area contributed by atoms with Gasteiger partial charge in [-0.05, 0) is 31.9 Å². The number of quaternary nitrogens is 1. The zero-order valence-electron chi connectivity index (χ0n) is 13.9. The molecule has 0 radical (unpaired) electrons. The van der Waals surface area contributed by atoms with Gasteiger partial charge in [0, 0.05) is 6.04 Å². The van der Waals surface area contributed by atoms with Crippen LogP contribution in [0.2, 0.25) is 0 Å². The lowest BCUT2D eigenvalue weighted by molar-refractivity contribution is -0.914. The lowest BCUT2D eigenvalue weighted by Gasteiger charge is -2.36. The van der Waals surface area contributed by atoms with E-state index >= 15 is 0 Å². The standard InChI is InChI=1S/C18H27N3O2/c1-14(18(23)19-15-6-2-3-7-15)20-10-12-21(13-11-20)16-8-4-5-9-17(16)22/h4-5,8-9,14-15,22H,2-3,6-7,10-13H2,1H3,(H,19,23)/p+1/t14-/m0/s1. The zero-order chi connectivity index (χ0) is 16.2. The Bertz CT molecular complexity index is 535. The molecule has 1 saturated heterocycles.